The molecule has 1 N–H and O–H groups in total. The quantitative estimate of drug-likeness (QED) is 0.538. The summed E-state index contributed by atoms with van der Waals surface area (Å²) in [6.07, 6.45) is 1.40. The summed E-state index contributed by atoms with van der Waals surface area (Å²) >= 11 is 0. The predicted octanol–water partition coefficient (Wildman–Crippen LogP) is 2.72. The van der Waals surface area contributed by atoms with Crippen LogP contribution in [0.1, 0.15) is 16.7 Å². The van der Waals surface area contributed by atoms with Gasteiger partial charge in [-0.25, -0.2) is 14.8 Å². The number of nitrogens with zero attached hydrogens (tertiary/aromatic N) is 4. The third-order valence-electron chi connectivity index (χ3n) is 5.20. The van der Waals surface area contributed by atoms with E-state index in [-0.39, 0.29) is 11.0 Å². The minimum absolute atomic E-state index is 0.169. The first kappa shape index (κ1) is 21.2. The number of benzene rings is 2. The smallest absolute Gasteiger partial charge is 0.325 e. The van der Waals surface area contributed by atoms with E-state index in [1.165, 1.54) is 17.8 Å². The number of aromatic nitrogens is 4. The largest absolute Gasteiger partial charge is 0.332 e. The Labute approximate surface area is 184 Å². The molecule has 2 aromatic carbocycles. The highest BCUT2D eigenvalue weighted by molar-refractivity contribution is 5.91. The topological polar surface area (TPSA) is 98.9 Å². The summed E-state index contributed by atoms with van der Waals surface area (Å²) in [5.74, 6) is -0.0528. The number of aryl methyl sites for hydroxylation is 4. The van der Waals surface area contributed by atoms with Gasteiger partial charge in [-0.2, -0.15) is 0 Å². The van der Waals surface area contributed by atoms with Crippen molar-refractivity contribution in [1.29, 1.82) is 0 Å². The van der Waals surface area contributed by atoms with E-state index in [0.29, 0.717) is 11.5 Å². The van der Waals surface area contributed by atoms with E-state index in [1.54, 1.807) is 0 Å². The van der Waals surface area contributed by atoms with Crippen LogP contribution in [0.4, 0.5) is 5.69 Å². The standard InChI is InChI=1S/C24H23N5O3/c1-14-5-7-17(8-6-14)21-25-12-19-22(27-21)28(4)24(32)29(23(19)31)13-20(30)26-18-10-15(2)9-16(3)11-18/h5-12H,13H2,1-4H3,(H,26,30). The van der Waals surface area contributed by atoms with Crippen molar-refractivity contribution in [1.82, 2.24) is 19.1 Å². The summed E-state index contributed by atoms with van der Waals surface area (Å²) < 4.78 is 2.16. The highest BCUT2D eigenvalue weighted by atomic mass is 16.2. The molecule has 8 nitrogen and oxygen atoms in total. The van der Waals surface area contributed by atoms with E-state index in [4.69, 9.17) is 0 Å². The Morgan fingerprint density at radius 1 is 0.969 bits per heavy atom. The summed E-state index contributed by atoms with van der Waals surface area (Å²) in [7, 11) is 1.52. The summed E-state index contributed by atoms with van der Waals surface area (Å²) in [5.41, 5.74) is 3.49. The maximum atomic E-state index is 13.0. The molecule has 0 aliphatic heterocycles. The van der Waals surface area contributed by atoms with Crippen LogP contribution >= 0.6 is 0 Å². The lowest BCUT2D eigenvalue weighted by Crippen LogP contribution is -2.42. The average Bonchev–Trinajstić information content (AvgIpc) is 2.74. The molecule has 0 aliphatic carbocycles. The highest BCUT2D eigenvalue weighted by Crippen LogP contribution is 2.17. The Bertz CT molecular complexity index is 1450. The van der Waals surface area contributed by atoms with Crippen molar-refractivity contribution in [2.24, 2.45) is 7.05 Å². The summed E-state index contributed by atoms with van der Waals surface area (Å²) in [4.78, 5) is 47.2. The lowest BCUT2D eigenvalue weighted by Gasteiger charge is -2.12. The molecule has 0 radical (unpaired) electrons. The second-order valence-corrected chi connectivity index (χ2v) is 7.95. The molecule has 0 aliphatic rings. The Morgan fingerprint density at radius 2 is 1.62 bits per heavy atom. The molecule has 2 aromatic heterocycles. The maximum Gasteiger partial charge on any atom is 0.332 e. The van der Waals surface area contributed by atoms with Crippen LogP contribution in [0.5, 0.6) is 0 Å². The van der Waals surface area contributed by atoms with Gasteiger partial charge in [0, 0.05) is 24.5 Å². The first-order valence-corrected chi connectivity index (χ1v) is 10.1. The van der Waals surface area contributed by atoms with Gasteiger partial charge in [0.2, 0.25) is 5.91 Å². The van der Waals surface area contributed by atoms with Crippen LogP contribution in [0.15, 0.2) is 58.3 Å². The third-order valence-corrected chi connectivity index (χ3v) is 5.20. The Kier molecular flexibility index (Phi) is 5.44. The Morgan fingerprint density at radius 3 is 2.28 bits per heavy atom. The van der Waals surface area contributed by atoms with Crippen LogP contribution in [0.2, 0.25) is 0 Å². The second-order valence-electron chi connectivity index (χ2n) is 7.95. The molecule has 162 valence electrons. The minimum Gasteiger partial charge on any atom is -0.325 e. The van der Waals surface area contributed by atoms with Crippen LogP contribution in [0, 0.1) is 20.8 Å². The van der Waals surface area contributed by atoms with Gasteiger partial charge in [-0.05, 0) is 44.0 Å². The number of hydrogen-bond donors (Lipinski definition) is 1. The Balaban J connectivity index is 1.70. The minimum atomic E-state index is -0.619. The first-order valence-electron chi connectivity index (χ1n) is 10.1. The fourth-order valence-corrected chi connectivity index (χ4v) is 3.66. The van der Waals surface area contributed by atoms with Gasteiger partial charge < -0.3 is 5.32 Å². The molecule has 32 heavy (non-hydrogen) atoms. The SMILES string of the molecule is Cc1ccc(-c2ncc3c(=O)n(CC(=O)Nc4cc(C)cc(C)c4)c(=O)n(C)c3n2)cc1. The van der Waals surface area contributed by atoms with Gasteiger partial charge >= 0.3 is 5.69 Å². The number of rotatable bonds is 4. The van der Waals surface area contributed by atoms with Crippen molar-refractivity contribution in [2.45, 2.75) is 27.3 Å². The van der Waals surface area contributed by atoms with E-state index < -0.39 is 23.7 Å². The van der Waals surface area contributed by atoms with Crippen molar-refractivity contribution in [2.75, 3.05) is 5.32 Å². The number of hydrogen-bond acceptors (Lipinski definition) is 5. The zero-order valence-corrected chi connectivity index (χ0v) is 18.3. The Hall–Kier alpha value is -4.07. The fraction of sp³-hybridized carbons (Fsp3) is 0.208. The monoisotopic (exact) mass is 429 g/mol. The number of fused-ring (bicyclic) bond motifs is 1. The van der Waals surface area contributed by atoms with Gasteiger partial charge in [0.05, 0.1) is 0 Å². The average molecular weight is 429 g/mol. The zero-order valence-electron chi connectivity index (χ0n) is 18.3. The van der Waals surface area contributed by atoms with Crippen molar-refractivity contribution in [3.05, 3.63) is 86.2 Å². The molecule has 0 saturated heterocycles. The molecule has 2 heterocycles. The maximum absolute atomic E-state index is 13.0. The van der Waals surface area contributed by atoms with Gasteiger partial charge in [0.1, 0.15) is 11.9 Å². The van der Waals surface area contributed by atoms with Crippen LogP contribution in [-0.2, 0) is 18.4 Å². The molecule has 1 amide bonds. The molecular weight excluding hydrogens is 406 g/mol. The number of carbonyl (C=O) groups is 1. The molecule has 8 heteroatoms. The third kappa shape index (κ3) is 4.07. The van der Waals surface area contributed by atoms with Crippen LogP contribution < -0.4 is 16.6 Å². The van der Waals surface area contributed by atoms with Gasteiger partial charge in [-0.3, -0.25) is 18.7 Å². The van der Waals surface area contributed by atoms with Gasteiger partial charge in [-0.15, -0.1) is 0 Å². The van der Waals surface area contributed by atoms with Crippen molar-refractivity contribution < 1.29 is 4.79 Å². The molecule has 4 aromatic rings. The van der Waals surface area contributed by atoms with Crippen LogP contribution in [-0.4, -0.2) is 25.0 Å². The van der Waals surface area contributed by atoms with Gasteiger partial charge in [-0.1, -0.05) is 35.9 Å². The lowest BCUT2D eigenvalue weighted by atomic mass is 10.1. The number of amides is 1. The lowest BCUT2D eigenvalue weighted by molar-refractivity contribution is -0.116. The molecule has 0 atom stereocenters. The summed E-state index contributed by atoms with van der Waals surface area (Å²) in [6.45, 7) is 5.43. The summed E-state index contributed by atoms with van der Waals surface area (Å²) in [6, 6.07) is 13.3. The van der Waals surface area contributed by atoms with E-state index in [1.807, 2.05) is 63.2 Å². The fourth-order valence-electron chi connectivity index (χ4n) is 3.66. The molecule has 0 fully saturated rings. The first-order chi connectivity index (χ1) is 15.2. The number of carbonyl (C=O) groups excluding carboxylic acids is 1. The van der Waals surface area contributed by atoms with E-state index >= 15 is 0 Å². The van der Waals surface area contributed by atoms with Crippen molar-refractivity contribution in [3.8, 4) is 11.4 Å². The van der Waals surface area contributed by atoms with E-state index in [2.05, 4.69) is 15.3 Å². The van der Waals surface area contributed by atoms with Crippen LogP contribution in [0.25, 0.3) is 22.4 Å². The number of nitrogens with one attached hydrogen (secondary N) is 1. The molecule has 4 rings (SSSR count). The van der Waals surface area contributed by atoms with Gasteiger partial charge in [0.25, 0.3) is 5.56 Å². The van der Waals surface area contributed by atoms with E-state index in [0.717, 1.165) is 26.8 Å². The summed E-state index contributed by atoms with van der Waals surface area (Å²) in [5, 5.41) is 2.92. The molecular formula is C24H23N5O3. The van der Waals surface area contributed by atoms with E-state index in [9.17, 15) is 14.4 Å². The molecule has 0 spiro atoms. The van der Waals surface area contributed by atoms with Gasteiger partial charge in [0.15, 0.2) is 11.5 Å². The van der Waals surface area contributed by atoms with Crippen LogP contribution in [0.3, 0.4) is 0 Å². The molecule has 0 unspecified atom stereocenters. The van der Waals surface area contributed by atoms with Crippen molar-refractivity contribution in [3.63, 3.8) is 0 Å². The van der Waals surface area contributed by atoms with Crippen molar-refractivity contribution >= 4 is 22.6 Å². The highest BCUT2D eigenvalue weighted by Gasteiger charge is 2.16. The predicted molar refractivity (Wildman–Crippen MR) is 124 cm³/mol. The molecule has 0 saturated carbocycles. The second kappa shape index (κ2) is 8.22. The molecule has 0 bridgehead atoms. The zero-order chi connectivity index (χ0) is 23.0. The normalized spacial score (nSPS) is 11.0. The number of anilines is 1.